The molecule has 2 aliphatic heterocycles. The van der Waals surface area contributed by atoms with Crippen LogP contribution < -0.4 is 11.1 Å². The molecule has 158 valence electrons. The van der Waals surface area contributed by atoms with Crippen LogP contribution in [0.3, 0.4) is 0 Å². The summed E-state index contributed by atoms with van der Waals surface area (Å²) in [4.78, 5) is 20.7. The molecule has 6 nitrogen and oxygen atoms in total. The zero-order chi connectivity index (χ0) is 18.9. The number of amides is 1. The van der Waals surface area contributed by atoms with Crippen molar-refractivity contribution in [1.29, 1.82) is 0 Å². The molecule has 1 amide bonds. The van der Waals surface area contributed by atoms with Crippen LogP contribution in [0, 0.1) is 11.8 Å². The molecule has 27 heavy (non-hydrogen) atoms. The Kier molecular flexibility index (Phi) is 11.6. The molecule has 0 aromatic rings. The van der Waals surface area contributed by atoms with E-state index in [1.54, 1.807) is 0 Å². The summed E-state index contributed by atoms with van der Waals surface area (Å²) < 4.78 is 0. The highest BCUT2D eigenvalue weighted by molar-refractivity contribution is 14.0. The van der Waals surface area contributed by atoms with E-state index < -0.39 is 0 Å². The number of nitrogens with two attached hydrogens (primary N) is 1. The summed E-state index contributed by atoms with van der Waals surface area (Å²) >= 11 is 0. The third-order valence-electron chi connectivity index (χ3n) is 5.87. The van der Waals surface area contributed by atoms with Gasteiger partial charge in [-0.05, 0) is 50.6 Å². The minimum absolute atomic E-state index is 0. The second-order valence-corrected chi connectivity index (χ2v) is 8.31. The lowest BCUT2D eigenvalue weighted by Gasteiger charge is -2.37. The fourth-order valence-electron chi connectivity index (χ4n) is 4.45. The Morgan fingerprint density at radius 3 is 2.37 bits per heavy atom. The molecule has 2 fully saturated rings. The van der Waals surface area contributed by atoms with Gasteiger partial charge in [0.1, 0.15) is 0 Å². The zero-order valence-corrected chi connectivity index (χ0v) is 19.8. The van der Waals surface area contributed by atoms with Gasteiger partial charge in [0.2, 0.25) is 5.91 Å². The number of hydrogen-bond acceptors (Lipinski definition) is 3. The second-order valence-electron chi connectivity index (χ2n) is 8.31. The molecule has 0 aromatic carbocycles. The lowest BCUT2D eigenvalue weighted by Crippen LogP contribution is -2.52. The van der Waals surface area contributed by atoms with Crippen LogP contribution in [0.5, 0.6) is 0 Å². The van der Waals surface area contributed by atoms with Crippen molar-refractivity contribution in [2.75, 3.05) is 39.8 Å². The number of aliphatic imine (C=N–C) groups is 1. The van der Waals surface area contributed by atoms with E-state index in [2.05, 4.69) is 34.0 Å². The monoisotopic (exact) mass is 493 g/mol. The maximum atomic E-state index is 11.3. The number of piperidine rings is 1. The predicted molar refractivity (Wildman–Crippen MR) is 124 cm³/mol. The fourth-order valence-corrected chi connectivity index (χ4v) is 4.45. The van der Waals surface area contributed by atoms with E-state index >= 15 is 0 Å². The molecule has 0 spiro atoms. The Bertz CT molecular complexity index is 463. The molecule has 2 aliphatic rings. The Labute approximate surface area is 182 Å². The largest absolute Gasteiger partial charge is 0.370 e. The minimum atomic E-state index is -0.194. The standard InChI is InChI=1S/C20H39N5O.HI/c1-16(2)18(24-10-6-4-5-7-11-24)14-23-20(22-3)25-12-8-9-17(15-25)13-19(21)26;/h16-18H,4-15H2,1-3H3,(H2,21,26)(H,22,23);1H. The molecule has 3 N–H and O–H groups in total. The van der Waals surface area contributed by atoms with Crippen LogP contribution in [-0.4, -0.2) is 67.5 Å². The SMILES string of the molecule is CN=C(NCC(C(C)C)N1CCCCCC1)N1CCCC(CC(N)=O)C1.I. The van der Waals surface area contributed by atoms with Crippen LogP contribution in [0.25, 0.3) is 0 Å². The maximum absolute atomic E-state index is 11.3. The van der Waals surface area contributed by atoms with Gasteiger partial charge in [0.25, 0.3) is 0 Å². The van der Waals surface area contributed by atoms with Gasteiger partial charge in [-0.3, -0.25) is 14.7 Å². The van der Waals surface area contributed by atoms with Gasteiger partial charge in [0.05, 0.1) is 0 Å². The van der Waals surface area contributed by atoms with Crippen molar-refractivity contribution in [3.05, 3.63) is 0 Å². The molecule has 2 heterocycles. The first-order chi connectivity index (χ1) is 12.5. The van der Waals surface area contributed by atoms with Crippen molar-refractivity contribution in [3.63, 3.8) is 0 Å². The van der Waals surface area contributed by atoms with Crippen molar-refractivity contribution in [1.82, 2.24) is 15.1 Å². The summed E-state index contributed by atoms with van der Waals surface area (Å²) in [6.45, 7) is 9.89. The van der Waals surface area contributed by atoms with E-state index in [-0.39, 0.29) is 29.9 Å². The van der Waals surface area contributed by atoms with Gasteiger partial charge in [-0.15, -0.1) is 24.0 Å². The van der Waals surface area contributed by atoms with Crippen LogP contribution in [0.15, 0.2) is 4.99 Å². The molecule has 2 unspecified atom stereocenters. The Hall–Kier alpha value is -0.570. The van der Waals surface area contributed by atoms with Gasteiger partial charge in [-0.1, -0.05) is 26.7 Å². The average Bonchev–Trinajstić information content (AvgIpc) is 2.87. The predicted octanol–water partition coefficient (Wildman–Crippen LogP) is 2.67. The van der Waals surface area contributed by atoms with Crippen LogP contribution in [-0.2, 0) is 4.79 Å². The highest BCUT2D eigenvalue weighted by atomic mass is 127. The fraction of sp³-hybridized carbons (Fsp3) is 0.900. The number of likely N-dealkylation sites (tertiary alicyclic amines) is 2. The van der Waals surface area contributed by atoms with E-state index in [1.165, 1.54) is 38.8 Å². The van der Waals surface area contributed by atoms with Crippen molar-refractivity contribution in [3.8, 4) is 0 Å². The summed E-state index contributed by atoms with van der Waals surface area (Å²) in [5.74, 6) is 1.74. The quantitative estimate of drug-likeness (QED) is 0.339. The highest BCUT2D eigenvalue weighted by Crippen LogP contribution is 2.20. The number of carbonyl (C=O) groups excluding carboxylic acids is 1. The summed E-state index contributed by atoms with van der Waals surface area (Å²) in [5.41, 5.74) is 5.40. The summed E-state index contributed by atoms with van der Waals surface area (Å²) in [7, 11) is 1.86. The van der Waals surface area contributed by atoms with Crippen molar-refractivity contribution < 1.29 is 4.79 Å². The zero-order valence-electron chi connectivity index (χ0n) is 17.5. The molecule has 2 rings (SSSR count). The Morgan fingerprint density at radius 1 is 1.15 bits per heavy atom. The molecular weight excluding hydrogens is 453 g/mol. The molecule has 0 bridgehead atoms. The normalized spacial score (nSPS) is 23.5. The number of nitrogens with zero attached hydrogens (tertiary/aromatic N) is 3. The van der Waals surface area contributed by atoms with Crippen molar-refractivity contribution >= 4 is 35.8 Å². The van der Waals surface area contributed by atoms with Crippen molar-refractivity contribution in [2.24, 2.45) is 22.6 Å². The van der Waals surface area contributed by atoms with Gasteiger partial charge >= 0.3 is 0 Å². The number of carbonyl (C=O) groups is 1. The molecule has 0 aromatic heterocycles. The minimum Gasteiger partial charge on any atom is -0.370 e. The van der Waals surface area contributed by atoms with Crippen LogP contribution in [0.2, 0.25) is 0 Å². The summed E-state index contributed by atoms with van der Waals surface area (Å²) in [6.07, 6.45) is 8.03. The number of hydrogen-bond donors (Lipinski definition) is 2. The first-order valence-electron chi connectivity index (χ1n) is 10.5. The van der Waals surface area contributed by atoms with Gasteiger partial charge in [-0.25, -0.2) is 0 Å². The van der Waals surface area contributed by atoms with E-state index in [4.69, 9.17) is 5.73 Å². The van der Waals surface area contributed by atoms with Crippen LogP contribution >= 0.6 is 24.0 Å². The smallest absolute Gasteiger partial charge is 0.217 e. The molecule has 0 aliphatic carbocycles. The lowest BCUT2D eigenvalue weighted by atomic mass is 9.95. The van der Waals surface area contributed by atoms with Crippen LogP contribution in [0.1, 0.15) is 58.8 Å². The molecule has 0 saturated carbocycles. The molecule has 7 heteroatoms. The highest BCUT2D eigenvalue weighted by Gasteiger charge is 2.26. The van der Waals surface area contributed by atoms with Gasteiger partial charge in [-0.2, -0.15) is 0 Å². The van der Waals surface area contributed by atoms with E-state index in [1.807, 2.05) is 7.05 Å². The van der Waals surface area contributed by atoms with Gasteiger partial charge in [0, 0.05) is 39.1 Å². The van der Waals surface area contributed by atoms with E-state index in [0.717, 1.165) is 38.4 Å². The maximum Gasteiger partial charge on any atom is 0.217 e. The first-order valence-corrected chi connectivity index (χ1v) is 10.5. The molecule has 2 atom stereocenters. The summed E-state index contributed by atoms with van der Waals surface area (Å²) in [5, 5.41) is 3.63. The molecule has 0 radical (unpaired) electrons. The van der Waals surface area contributed by atoms with Crippen LogP contribution in [0.4, 0.5) is 0 Å². The number of halogens is 1. The average molecular weight is 493 g/mol. The number of guanidine groups is 1. The van der Waals surface area contributed by atoms with Gasteiger partial charge < -0.3 is 16.0 Å². The second kappa shape index (κ2) is 12.8. The number of rotatable bonds is 6. The summed E-state index contributed by atoms with van der Waals surface area (Å²) in [6, 6.07) is 0.538. The van der Waals surface area contributed by atoms with Gasteiger partial charge in [0.15, 0.2) is 5.96 Å². The molecule has 2 saturated heterocycles. The molecular formula is C20H40IN5O. The Morgan fingerprint density at radius 2 is 1.81 bits per heavy atom. The first kappa shape index (κ1) is 24.5. The number of nitrogens with one attached hydrogen (secondary N) is 1. The third kappa shape index (κ3) is 8.13. The van der Waals surface area contributed by atoms with E-state index in [0.29, 0.717) is 24.3 Å². The lowest BCUT2D eigenvalue weighted by molar-refractivity contribution is -0.119. The third-order valence-corrected chi connectivity index (χ3v) is 5.87. The van der Waals surface area contributed by atoms with Crippen molar-refractivity contribution in [2.45, 2.75) is 64.8 Å². The van der Waals surface area contributed by atoms with E-state index in [9.17, 15) is 4.79 Å². The topological polar surface area (TPSA) is 74.0 Å². The Balaban J connectivity index is 0.00000364. The number of primary amides is 1.